The lowest BCUT2D eigenvalue weighted by Gasteiger charge is -2.38. The van der Waals surface area contributed by atoms with Crippen LogP contribution in [0, 0.1) is 24.6 Å². The van der Waals surface area contributed by atoms with Gasteiger partial charge in [-0.2, -0.15) is 0 Å². The number of benzene rings is 1. The molecule has 1 aliphatic heterocycles. The molecule has 3 atom stereocenters. The molecule has 0 bridgehead atoms. The van der Waals surface area contributed by atoms with Crippen LogP contribution in [0.5, 0.6) is 0 Å². The minimum absolute atomic E-state index is 0.106. The molecular weight excluding hydrogens is 395 g/mol. The maximum atomic E-state index is 14.6. The molecule has 5 nitrogen and oxygen atoms in total. The number of likely N-dealkylation sites (tertiary alicyclic amines) is 1. The first-order valence-corrected chi connectivity index (χ1v) is 10.9. The zero-order valence-electron chi connectivity index (χ0n) is 18.9. The van der Waals surface area contributed by atoms with Gasteiger partial charge >= 0.3 is 6.09 Å². The largest absolute Gasteiger partial charge is 0.444 e. The molecule has 0 aliphatic carbocycles. The van der Waals surface area contributed by atoms with Crippen LogP contribution >= 0.6 is 0 Å². The molecule has 1 saturated heterocycles. The van der Waals surface area contributed by atoms with Crippen molar-refractivity contribution in [2.24, 2.45) is 11.8 Å². The number of piperidine rings is 1. The number of aliphatic hydroxyl groups excluding tert-OH is 1. The second kappa shape index (κ2) is 9.35. The number of amides is 1. The van der Waals surface area contributed by atoms with Gasteiger partial charge in [0.1, 0.15) is 11.4 Å². The Morgan fingerprint density at radius 1 is 1.45 bits per heavy atom. The SMILES string of the molecule is C=C[C@H]1CN(C(=O)OC(C)(C)C)CC[C@H]1CCC(O)c1c(F)cnc2ccc(C)cc12. The molecule has 1 N–H and O–H groups in total. The van der Waals surface area contributed by atoms with Crippen molar-refractivity contribution in [3.63, 3.8) is 0 Å². The molecular formula is C25H33FN2O3. The molecule has 1 aromatic carbocycles. The number of pyridine rings is 1. The summed E-state index contributed by atoms with van der Waals surface area (Å²) < 4.78 is 20.1. The minimum Gasteiger partial charge on any atom is -0.444 e. The van der Waals surface area contributed by atoms with E-state index in [2.05, 4.69) is 11.6 Å². The summed E-state index contributed by atoms with van der Waals surface area (Å²) >= 11 is 0. The van der Waals surface area contributed by atoms with E-state index in [1.54, 1.807) is 4.90 Å². The third kappa shape index (κ3) is 5.62. The van der Waals surface area contributed by atoms with Gasteiger partial charge in [-0.25, -0.2) is 9.18 Å². The summed E-state index contributed by atoms with van der Waals surface area (Å²) in [6, 6.07) is 5.65. The van der Waals surface area contributed by atoms with Crippen molar-refractivity contribution >= 4 is 17.0 Å². The highest BCUT2D eigenvalue weighted by atomic mass is 19.1. The number of rotatable bonds is 5. The minimum atomic E-state index is -0.915. The Morgan fingerprint density at radius 3 is 2.87 bits per heavy atom. The van der Waals surface area contributed by atoms with Gasteiger partial charge in [-0.05, 0) is 70.9 Å². The normalized spacial score (nSPS) is 20.5. The summed E-state index contributed by atoms with van der Waals surface area (Å²) in [4.78, 5) is 18.3. The van der Waals surface area contributed by atoms with Crippen LogP contribution in [0.4, 0.5) is 9.18 Å². The summed E-state index contributed by atoms with van der Waals surface area (Å²) in [5, 5.41) is 11.5. The molecule has 2 aromatic rings. The van der Waals surface area contributed by atoms with Crippen molar-refractivity contribution in [1.82, 2.24) is 9.88 Å². The van der Waals surface area contributed by atoms with E-state index in [9.17, 15) is 14.3 Å². The Balaban J connectivity index is 1.67. The number of aliphatic hydroxyl groups is 1. The third-order valence-corrected chi connectivity index (χ3v) is 5.92. The fourth-order valence-corrected chi connectivity index (χ4v) is 4.31. The van der Waals surface area contributed by atoms with Crippen LogP contribution in [0.1, 0.15) is 57.3 Å². The predicted molar refractivity (Wildman–Crippen MR) is 120 cm³/mol. The molecule has 1 fully saturated rings. The number of hydrogen-bond acceptors (Lipinski definition) is 4. The Hall–Kier alpha value is -2.47. The average molecular weight is 429 g/mol. The fourth-order valence-electron chi connectivity index (χ4n) is 4.31. The molecule has 1 aromatic heterocycles. The van der Waals surface area contributed by atoms with Gasteiger partial charge < -0.3 is 14.7 Å². The first-order chi connectivity index (χ1) is 14.6. The summed E-state index contributed by atoms with van der Waals surface area (Å²) in [6.07, 6.45) is 3.78. The van der Waals surface area contributed by atoms with Crippen LogP contribution in [0.15, 0.2) is 37.1 Å². The summed E-state index contributed by atoms with van der Waals surface area (Å²) in [7, 11) is 0. The lowest BCUT2D eigenvalue weighted by molar-refractivity contribution is 0.0122. The van der Waals surface area contributed by atoms with E-state index >= 15 is 0 Å². The number of carbonyl (C=O) groups is 1. The quantitative estimate of drug-likeness (QED) is 0.634. The lowest BCUT2D eigenvalue weighted by Crippen LogP contribution is -2.45. The van der Waals surface area contributed by atoms with E-state index in [4.69, 9.17) is 4.74 Å². The van der Waals surface area contributed by atoms with Crippen molar-refractivity contribution in [2.45, 2.75) is 58.7 Å². The summed E-state index contributed by atoms with van der Waals surface area (Å²) in [5.74, 6) is -0.107. The predicted octanol–water partition coefficient (Wildman–Crippen LogP) is 5.56. The highest BCUT2D eigenvalue weighted by Crippen LogP contribution is 2.34. The molecule has 0 saturated carbocycles. The number of halogens is 1. The summed E-state index contributed by atoms with van der Waals surface area (Å²) in [6.45, 7) is 12.6. The number of hydrogen-bond donors (Lipinski definition) is 1. The van der Waals surface area contributed by atoms with Crippen LogP contribution < -0.4 is 0 Å². The maximum absolute atomic E-state index is 14.6. The van der Waals surface area contributed by atoms with Gasteiger partial charge in [-0.1, -0.05) is 17.7 Å². The molecule has 0 radical (unpaired) electrons. The number of aromatic nitrogens is 1. The van der Waals surface area contributed by atoms with Crippen molar-refractivity contribution in [1.29, 1.82) is 0 Å². The first-order valence-electron chi connectivity index (χ1n) is 10.9. The van der Waals surface area contributed by atoms with E-state index in [1.807, 2.05) is 52.0 Å². The van der Waals surface area contributed by atoms with E-state index in [0.717, 1.165) is 18.4 Å². The molecule has 6 heteroatoms. The first kappa shape index (κ1) is 23.2. The topological polar surface area (TPSA) is 62.7 Å². The van der Waals surface area contributed by atoms with Gasteiger partial charge in [0.2, 0.25) is 0 Å². The van der Waals surface area contributed by atoms with Crippen molar-refractivity contribution in [2.75, 3.05) is 13.1 Å². The highest BCUT2D eigenvalue weighted by molar-refractivity contribution is 5.83. The standard InChI is InChI=1S/C25H33FN2O3/c1-6-17-15-28(24(30)31-25(3,4)5)12-11-18(17)8-10-22(29)23-19-13-16(2)7-9-21(19)27-14-20(23)26/h6-7,9,13-14,17-18,22,29H,1,8,10-12,15H2,2-5H3/t17-,18+,22?/m0/s1. The number of aryl methyl sites for hydroxylation is 1. The molecule has 1 unspecified atom stereocenters. The monoisotopic (exact) mass is 428 g/mol. The number of nitrogens with zero attached hydrogens (tertiary/aromatic N) is 2. The Bertz CT molecular complexity index is 948. The Kier molecular flexibility index (Phi) is 6.99. The van der Waals surface area contributed by atoms with Gasteiger partial charge in [0.05, 0.1) is 17.8 Å². The van der Waals surface area contributed by atoms with Crippen LogP contribution in [0.3, 0.4) is 0 Å². The third-order valence-electron chi connectivity index (χ3n) is 5.92. The van der Waals surface area contributed by atoms with E-state index < -0.39 is 17.5 Å². The zero-order valence-corrected chi connectivity index (χ0v) is 18.9. The highest BCUT2D eigenvalue weighted by Gasteiger charge is 2.32. The van der Waals surface area contributed by atoms with Crippen molar-refractivity contribution in [3.05, 3.63) is 54.0 Å². The fraction of sp³-hybridized carbons (Fsp3) is 0.520. The smallest absolute Gasteiger partial charge is 0.410 e. The second-order valence-corrected chi connectivity index (χ2v) is 9.51. The molecule has 168 valence electrons. The molecule has 3 rings (SSSR count). The van der Waals surface area contributed by atoms with Gasteiger partial charge in [0.25, 0.3) is 0 Å². The molecule has 1 amide bonds. The number of carbonyl (C=O) groups excluding carboxylic acids is 1. The van der Waals surface area contributed by atoms with E-state index in [0.29, 0.717) is 36.0 Å². The van der Waals surface area contributed by atoms with Crippen LogP contribution in [-0.4, -0.2) is 39.8 Å². The van der Waals surface area contributed by atoms with Crippen molar-refractivity contribution in [3.8, 4) is 0 Å². The van der Waals surface area contributed by atoms with Crippen LogP contribution in [0.2, 0.25) is 0 Å². The lowest BCUT2D eigenvalue weighted by atomic mass is 9.81. The Labute approximate surface area is 183 Å². The maximum Gasteiger partial charge on any atom is 0.410 e. The summed E-state index contributed by atoms with van der Waals surface area (Å²) in [5.41, 5.74) is 1.46. The second-order valence-electron chi connectivity index (χ2n) is 9.51. The van der Waals surface area contributed by atoms with Gasteiger partial charge in [0, 0.05) is 24.0 Å². The van der Waals surface area contributed by atoms with Gasteiger partial charge in [0.15, 0.2) is 0 Å². The molecule has 0 spiro atoms. The number of fused-ring (bicyclic) bond motifs is 1. The van der Waals surface area contributed by atoms with Crippen LogP contribution in [0.25, 0.3) is 10.9 Å². The number of ether oxygens (including phenoxy) is 1. The molecule has 31 heavy (non-hydrogen) atoms. The van der Waals surface area contributed by atoms with Crippen LogP contribution in [-0.2, 0) is 4.74 Å². The average Bonchev–Trinajstić information content (AvgIpc) is 2.70. The van der Waals surface area contributed by atoms with Crippen molar-refractivity contribution < 1.29 is 19.0 Å². The Morgan fingerprint density at radius 2 is 2.19 bits per heavy atom. The van der Waals surface area contributed by atoms with Gasteiger partial charge in [-0.3, -0.25) is 4.98 Å². The molecule has 2 heterocycles. The van der Waals surface area contributed by atoms with E-state index in [1.165, 1.54) is 6.20 Å². The molecule has 1 aliphatic rings. The van der Waals surface area contributed by atoms with E-state index in [-0.39, 0.29) is 17.9 Å². The van der Waals surface area contributed by atoms with Gasteiger partial charge in [-0.15, -0.1) is 6.58 Å². The zero-order chi connectivity index (χ0) is 22.8.